The molecule has 2 heterocycles. The summed E-state index contributed by atoms with van der Waals surface area (Å²) in [6.45, 7) is 1.21. The van der Waals surface area contributed by atoms with E-state index in [4.69, 9.17) is 4.42 Å². The van der Waals surface area contributed by atoms with Crippen molar-refractivity contribution in [1.82, 2.24) is 10.2 Å². The van der Waals surface area contributed by atoms with Crippen LogP contribution in [0.5, 0.6) is 0 Å². The number of nitrogens with zero attached hydrogens (tertiary/aromatic N) is 1. The Bertz CT molecular complexity index is 541. The van der Waals surface area contributed by atoms with E-state index in [9.17, 15) is 14.7 Å². The molecule has 0 aromatic carbocycles. The molecule has 2 fully saturated rings. The van der Waals surface area contributed by atoms with E-state index >= 15 is 0 Å². The highest BCUT2D eigenvalue weighted by atomic mass is 16.3. The third-order valence-corrected chi connectivity index (χ3v) is 4.90. The molecule has 2 N–H and O–H groups in total. The second kappa shape index (κ2) is 6.74. The molecule has 23 heavy (non-hydrogen) atoms. The van der Waals surface area contributed by atoms with Gasteiger partial charge in [-0.05, 0) is 37.8 Å². The highest BCUT2D eigenvalue weighted by molar-refractivity contribution is 5.91. The normalized spacial score (nSPS) is 21.3. The second-order valence-corrected chi connectivity index (χ2v) is 6.72. The molecule has 6 heteroatoms. The molecule has 3 rings (SSSR count). The maximum absolute atomic E-state index is 12.2. The largest absolute Gasteiger partial charge is 0.459 e. The molecule has 0 atom stereocenters. The first kappa shape index (κ1) is 16.1. The van der Waals surface area contributed by atoms with Crippen molar-refractivity contribution in [3.05, 3.63) is 24.2 Å². The zero-order chi connectivity index (χ0) is 16.3. The van der Waals surface area contributed by atoms with Crippen molar-refractivity contribution in [2.24, 2.45) is 0 Å². The van der Waals surface area contributed by atoms with Crippen molar-refractivity contribution in [3.8, 4) is 0 Å². The molecule has 0 spiro atoms. The second-order valence-electron chi connectivity index (χ2n) is 6.72. The van der Waals surface area contributed by atoms with E-state index in [2.05, 4.69) is 5.32 Å². The van der Waals surface area contributed by atoms with Crippen LogP contribution in [-0.4, -0.2) is 46.6 Å². The van der Waals surface area contributed by atoms with Crippen molar-refractivity contribution in [3.63, 3.8) is 0 Å². The topological polar surface area (TPSA) is 82.8 Å². The van der Waals surface area contributed by atoms with Crippen LogP contribution in [0.15, 0.2) is 22.8 Å². The van der Waals surface area contributed by atoms with Crippen LogP contribution in [0, 0.1) is 0 Å². The first-order valence-electron chi connectivity index (χ1n) is 8.40. The van der Waals surface area contributed by atoms with Gasteiger partial charge in [-0.3, -0.25) is 9.59 Å². The lowest BCUT2D eigenvalue weighted by molar-refractivity contribution is -0.126. The standard InChI is InChI=1S/C17H24N2O4/c20-15(12-17(22)7-1-2-8-17)18-13-5-9-19(10-6-13)16(21)14-4-3-11-23-14/h3-4,11,13,22H,1-2,5-10,12H2,(H,18,20). The number of carbonyl (C=O) groups is 2. The monoisotopic (exact) mass is 320 g/mol. The van der Waals surface area contributed by atoms with Crippen LogP contribution in [0.25, 0.3) is 0 Å². The van der Waals surface area contributed by atoms with Gasteiger partial charge in [0.2, 0.25) is 5.91 Å². The summed E-state index contributed by atoms with van der Waals surface area (Å²) in [7, 11) is 0. The van der Waals surface area contributed by atoms with Gasteiger partial charge in [0.1, 0.15) is 0 Å². The zero-order valence-corrected chi connectivity index (χ0v) is 13.3. The van der Waals surface area contributed by atoms with Gasteiger partial charge < -0.3 is 19.7 Å². The fourth-order valence-corrected chi connectivity index (χ4v) is 3.57. The minimum atomic E-state index is -0.806. The maximum Gasteiger partial charge on any atom is 0.289 e. The van der Waals surface area contributed by atoms with E-state index in [1.54, 1.807) is 17.0 Å². The Morgan fingerprint density at radius 1 is 1.30 bits per heavy atom. The highest BCUT2D eigenvalue weighted by Crippen LogP contribution is 2.32. The summed E-state index contributed by atoms with van der Waals surface area (Å²) >= 11 is 0. The minimum Gasteiger partial charge on any atom is -0.459 e. The molecule has 6 nitrogen and oxygen atoms in total. The van der Waals surface area contributed by atoms with Crippen molar-refractivity contribution >= 4 is 11.8 Å². The summed E-state index contributed by atoms with van der Waals surface area (Å²) in [6.07, 6.45) is 6.58. The smallest absolute Gasteiger partial charge is 0.289 e. The number of furan rings is 1. The Morgan fingerprint density at radius 3 is 2.61 bits per heavy atom. The molecular formula is C17H24N2O4. The molecule has 2 amide bonds. The summed E-state index contributed by atoms with van der Waals surface area (Å²) in [6, 6.07) is 3.44. The van der Waals surface area contributed by atoms with Gasteiger partial charge in [0.25, 0.3) is 5.91 Å². The summed E-state index contributed by atoms with van der Waals surface area (Å²) in [5.74, 6) is 0.182. The summed E-state index contributed by atoms with van der Waals surface area (Å²) in [5, 5.41) is 13.3. The Morgan fingerprint density at radius 2 is 2.00 bits per heavy atom. The average Bonchev–Trinajstić information content (AvgIpc) is 3.19. The predicted molar refractivity (Wildman–Crippen MR) is 83.8 cm³/mol. The Hall–Kier alpha value is -1.82. The fourth-order valence-electron chi connectivity index (χ4n) is 3.57. The molecule has 0 bridgehead atoms. The quantitative estimate of drug-likeness (QED) is 0.884. The van der Waals surface area contributed by atoms with Crippen LogP contribution in [-0.2, 0) is 4.79 Å². The first-order chi connectivity index (χ1) is 11.1. The van der Waals surface area contributed by atoms with Crippen molar-refractivity contribution in [2.75, 3.05) is 13.1 Å². The lowest BCUT2D eigenvalue weighted by Crippen LogP contribution is -2.47. The molecule has 1 saturated heterocycles. The Labute approximate surface area is 135 Å². The Kier molecular flexibility index (Phi) is 4.71. The van der Waals surface area contributed by atoms with Gasteiger partial charge in [-0.2, -0.15) is 0 Å². The van der Waals surface area contributed by atoms with Crippen LogP contribution in [0.4, 0.5) is 0 Å². The molecule has 2 aliphatic rings. The number of hydrogen-bond donors (Lipinski definition) is 2. The molecule has 1 aliphatic heterocycles. The third-order valence-electron chi connectivity index (χ3n) is 4.90. The molecule has 1 aliphatic carbocycles. The average molecular weight is 320 g/mol. The number of likely N-dealkylation sites (tertiary alicyclic amines) is 1. The van der Waals surface area contributed by atoms with Crippen LogP contribution in [0.2, 0.25) is 0 Å². The lowest BCUT2D eigenvalue weighted by Gasteiger charge is -2.32. The van der Waals surface area contributed by atoms with Crippen molar-refractivity contribution in [2.45, 2.75) is 56.6 Å². The van der Waals surface area contributed by atoms with Gasteiger partial charge in [-0.15, -0.1) is 0 Å². The summed E-state index contributed by atoms with van der Waals surface area (Å²) < 4.78 is 5.14. The van der Waals surface area contributed by atoms with E-state index in [0.29, 0.717) is 18.8 Å². The van der Waals surface area contributed by atoms with E-state index in [1.807, 2.05) is 0 Å². The Balaban J connectivity index is 1.44. The number of carbonyl (C=O) groups excluding carboxylic acids is 2. The number of aliphatic hydroxyl groups is 1. The van der Waals surface area contributed by atoms with E-state index in [0.717, 1.165) is 38.5 Å². The van der Waals surface area contributed by atoms with Crippen LogP contribution >= 0.6 is 0 Å². The summed E-state index contributed by atoms with van der Waals surface area (Å²) in [4.78, 5) is 26.0. The zero-order valence-electron chi connectivity index (χ0n) is 13.3. The van der Waals surface area contributed by atoms with E-state index < -0.39 is 5.60 Å². The predicted octanol–water partition coefficient (Wildman–Crippen LogP) is 1.70. The molecule has 126 valence electrons. The number of nitrogens with one attached hydrogen (secondary N) is 1. The van der Waals surface area contributed by atoms with Gasteiger partial charge in [0.05, 0.1) is 18.3 Å². The summed E-state index contributed by atoms with van der Waals surface area (Å²) in [5.41, 5.74) is -0.806. The van der Waals surface area contributed by atoms with E-state index in [-0.39, 0.29) is 24.3 Å². The molecule has 0 unspecified atom stereocenters. The van der Waals surface area contributed by atoms with Gasteiger partial charge in [0, 0.05) is 19.1 Å². The maximum atomic E-state index is 12.2. The first-order valence-corrected chi connectivity index (χ1v) is 8.40. The van der Waals surface area contributed by atoms with Gasteiger partial charge in [-0.25, -0.2) is 0 Å². The van der Waals surface area contributed by atoms with Crippen molar-refractivity contribution < 1.29 is 19.1 Å². The number of rotatable bonds is 4. The van der Waals surface area contributed by atoms with Crippen LogP contribution < -0.4 is 5.32 Å². The molecule has 1 aromatic heterocycles. The third kappa shape index (κ3) is 3.93. The van der Waals surface area contributed by atoms with Gasteiger partial charge in [-0.1, -0.05) is 12.8 Å². The molecule has 1 aromatic rings. The minimum absolute atomic E-state index is 0.0770. The number of hydrogen-bond acceptors (Lipinski definition) is 4. The number of piperidine rings is 1. The van der Waals surface area contributed by atoms with Crippen LogP contribution in [0.1, 0.15) is 55.5 Å². The van der Waals surface area contributed by atoms with Gasteiger partial charge >= 0.3 is 0 Å². The molecule has 0 radical (unpaired) electrons. The lowest BCUT2D eigenvalue weighted by atomic mass is 9.96. The van der Waals surface area contributed by atoms with Crippen LogP contribution in [0.3, 0.4) is 0 Å². The highest BCUT2D eigenvalue weighted by Gasteiger charge is 2.34. The molecule has 1 saturated carbocycles. The SMILES string of the molecule is O=C(CC1(O)CCCC1)NC1CCN(C(=O)c2ccco2)CC1. The van der Waals surface area contributed by atoms with E-state index in [1.165, 1.54) is 6.26 Å². The number of amides is 2. The van der Waals surface area contributed by atoms with Crippen molar-refractivity contribution in [1.29, 1.82) is 0 Å². The fraction of sp³-hybridized carbons (Fsp3) is 0.647. The molecular weight excluding hydrogens is 296 g/mol. The van der Waals surface area contributed by atoms with Gasteiger partial charge in [0.15, 0.2) is 5.76 Å².